The van der Waals surface area contributed by atoms with Crippen LogP contribution in [0.1, 0.15) is 48.8 Å². The van der Waals surface area contributed by atoms with Gasteiger partial charge in [0.15, 0.2) is 0 Å². The minimum Gasteiger partial charge on any atom is -0.382 e. The first-order valence-electron chi connectivity index (χ1n) is 13.0. The summed E-state index contributed by atoms with van der Waals surface area (Å²) in [6.45, 7) is 1.80. The molecule has 0 bridgehead atoms. The molecule has 1 aliphatic heterocycles. The molecule has 1 saturated heterocycles. The Morgan fingerprint density at radius 2 is 1.75 bits per heavy atom. The van der Waals surface area contributed by atoms with Crippen LogP contribution in [0.4, 0.5) is 37.8 Å². The number of carbonyl (C=O) groups is 1. The summed E-state index contributed by atoms with van der Waals surface area (Å²) in [5, 5.41) is 12.1. The largest absolute Gasteiger partial charge is 0.417 e. The van der Waals surface area contributed by atoms with Gasteiger partial charge in [0, 0.05) is 44.1 Å². The van der Waals surface area contributed by atoms with Gasteiger partial charge < -0.3 is 19.9 Å². The van der Waals surface area contributed by atoms with E-state index in [4.69, 9.17) is 10.00 Å². The zero-order valence-corrected chi connectivity index (χ0v) is 21.6. The molecule has 2 aliphatic rings. The van der Waals surface area contributed by atoms with E-state index in [1.165, 1.54) is 12.1 Å². The van der Waals surface area contributed by atoms with Crippen molar-refractivity contribution in [1.82, 2.24) is 9.88 Å². The molecule has 7 nitrogen and oxygen atoms in total. The number of benzene rings is 1. The van der Waals surface area contributed by atoms with Gasteiger partial charge in [0.2, 0.25) is 5.91 Å². The number of anilines is 2. The monoisotopic (exact) mass is 569 g/mol. The summed E-state index contributed by atoms with van der Waals surface area (Å²) in [5.74, 6) is 0.263. The molecule has 1 saturated carbocycles. The van der Waals surface area contributed by atoms with Gasteiger partial charge in [0.1, 0.15) is 12.4 Å². The van der Waals surface area contributed by atoms with Crippen LogP contribution in [-0.2, 0) is 21.9 Å². The molecule has 216 valence electrons. The van der Waals surface area contributed by atoms with E-state index in [9.17, 15) is 31.1 Å². The van der Waals surface area contributed by atoms with Crippen molar-refractivity contribution in [3.8, 4) is 6.07 Å². The zero-order valence-electron chi connectivity index (χ0n) is 21.6. The Morgan fingerprint density at radius 1 is 1.00 bits per heavy atom. The summed E-state index contributed by atoms with van der Waals surface area (Å²) in [6.07, 6.45) is -5.18. The fourth-order valence-electron chi connectivity index (χ4n) is 4.99. The van der Waals surface area contributed by atoms with E-state index < -0.39 is 29.0 Å². The van der Waals surface area contributed by atoms with Crippen molar-refractivity contribution < 1.29 is 35.9 Å². The van der Waals surface area contributed by atoms with Gasteiger partial charge >= 0.3 is 12.4 Å². The van der Waals surface area contributed by atoms with Crippen LogP contribution in [0.5, 0.6) is 0 Å². The highest BCUT2D eigenvalue weighted by Crippen LogP contribution is 2.34. The molecule has 1 aliphatic carbocycles. The molecule has 40 heavy (non-hydrogen) atoms. The molecule has 2 fully saturated rings. The van der Waals surface area contributed by atoms with Crippen LogP contribution in [0.25, 0.3) is 0 Å². The molecule has 1 aromatic carbocycles. The third kappa shape index (κ3) is 7.56. The maximum Gasteiger partial charge on any atom is 0.417 e. The summed E-state index contributed by atoms with van der Waals surface area (Å²) in [6, 6.07) is 7.43. The van der Waals surface area contributed by atoms with Crippen molar-refractivity contribution in [1.29, 1.82) is 5.26 Å². The number of nitrogens with one attached hydrogen (secondary N) is 1. The molecular weight excluding hydrogens is 540 g/mol. The lowest BCUT2D eigenvalue weighted by Gasteiger charge is -2.30. The lowest BCUT2D eigenvalue weighted by atomic mass is 9.92. The van der Waals surface area contributed by atoms with E-state index in [2.05, 4.69) is 10.3 Å². The standard InChI is InChI=1S/C27H29F6N5O2/c28-26(29,30)19-3-9-24(35-16-19)37-10-1-11-38(13-12-37)25(39)17-40-22-7-5-20(6-8-22)36-21-4-2-18(15-34)23(14-21)27(31,32)33/h2-4,9,14,16,20,22,36H,1,5-8,10-13,17H2. The first kappa shape index (κ1) is 29.5. The normalized spacial score (nSPS) is 20.5. The van der Waals surface area contributed by atoms with Crippen LogP contribution in [-0.4, -0.2) is 60.7 Å². The number of hydrogen-bond donors (Lipinski definition) is 1. The Balaban J connectivity index is 1.21. The number of halogens is 6. The predicted octanol–water partition coefficient (Wildman–Crippen LogP) is 5.47. The number of pyridine rings is 1. The van der Waals surface area contributed by atoms with Crippen molar-refractivity contribution in [2.24, 2.45) is 0 Å². The van der Waals surface area contributed by atoms with Crippen molar-refractivity contribution in [2.45, 2.75) is 56.6 Å². The fraction of sp³-hybridized carbons (Fsp3) is 0.519. The third-order valence-corrected chi connectivity index (χ3v) is 7.18. The van der Waals surface area contributed by atoms with Crippen LogP contribution in [0.3, 0.4) is 0 Å². The molecule has 1 aromatic heterocycles. The number of hydrogen-bond acceptors (Lipinski definition) is 6. The number of alkyl halides is 6. The molecule has 4 rings (SSSR count). The molecule has 1 amide bonds. The topological polar surface area (TPSA) is 81.5 Å². The molecule has 0 radical (unpaired) electrons. The first-order valence-corrected chi connectivity index (χ1v) is 13.0. The van der Waals surface area contributed by atoms with Gasteiger partial charge in [-0.05, 0) is 62.4 Å². The van der Waals surface area contributed by atoms with Crippen molar-refractivity contribution in [3.05, 3.63) is 53.2 Å². The van der Waals surface area contributed by atoms with Crippen LogP contribution in [0, 0.1) is 11.3 Å². The van der Waals surface area contributed by atoms with Crippen LogP contribution in [0.15, 0.2) is 36.5 Å². The molecule has 0 unspecified atom stereocenters. The minimum atomic E-state index is -4.62. The second-order valence-electron chi connectivity index (χ2n) is 9.92. The molecule has 1 N–H and O–H groups in total. The van der Waals surface area contributed by atoms with Crippen molar-refractivity contribution in [3.63, 3.8) is 0 Å². The van der Waals surface area contributed by atoms with E-state index in [1.807, 2.05) is 4.90 Å². The minimum absolute atomic E-state index is 0.0556. The molecule has 2 heterocycles. The summed E-state index contributed by atoms with van der Waals surface area (Å²) >= 11 is 0. The molecule has 0 atom stereocenters. The molecule has 13 heteroatoms. The summed E-state index contributed by atoms with van der Waals surface area (Å²) < 4.78 is 83.9. The Hall–Kier alpha value is -3.53. The second-order valence-corrected chi connectivity index (χ2v) is 9.92. The SMILES string of the molecule is N#Cc1ccc(NC2CCC(OCC(=O)N3CCCN(c4ccc(C(F)(F)F)cn4)CC3)CC2)cc1C(F)(F)F. The summed E-state index contributed by atoms with van der Waals surface area (Å²) in [5.41, 5.74) is -1.90. The van der Waals surface area contributed by atoms with Crippen LogP contribution < -0.4 is 10.2 Å². The lowest BCUT2D eigenvalue weighted by molar-refractivity contribution is -0.139. The highest BCUT2D eigenvalue weighted by Gasteiger charge is 2.34. The summed E-state index contributed by atoms with van der Waals surface area (Å²) in [7, 11) is 0. The second kappa shape index (κ2) is 12.3. The fourth-order valence-corrected chi connectivity index (χ4v) is 4.99. The number of carbonyl (C=O) groups excluding carboxylic acids is 1. The van der Waals surface area contributed by atoms with Gasteiger partial charge in [-0.15, -0.1) is 0 Å². The molecular formula is C27H29F6N5O2. The van der Waals surface area contributed by atoms with E-state index >= 15 is 0 Å². The Labute approximate surface area is 227 Å². The van der Waals surface area contributed by atoms with Gasteiger partial charge in [-0.25, -0.2) is 4.98 Å². The quantitative estimate of drug-likeness (QED) is 0.465. The van der Waals surface area contributed by atoms with Crippen LogP contribution >= 0.6 is 0 Å². The number of nitriles is 1. The van der Waals surface area contributed by atoms with Gasteiger partial charge in [-0.3, -0.25) is 4.79 Å². The zero-order chi connectivity index (χ0) is 28.9. The number of aromatic nitrogens is 1. The van der Waals surface area contributed by atoms with Gasteiger partial charge in [-0.1, -0.05) is 0 Å². The number of rotatable bonds is 6. The smallest absolute Gasteiger partial charge is 0.382 e. The van der Waals surface area contributed by atoms with E-state index in [1.54, 1.807) is 11.0 Å². The van der Waals surface area contributed by atoms with Crippen molar-refractivity contribution >= 4 is 17.4 Å². The number of ether oxygens (including phenoxy) is 1. The van der Waals surface area contributed by atoms with Gasteiger partial charge in [-0.2, -0.15) is 31.6 Å². The number of nitrogens with zero attached hydrogens (tertiary/aromatic N) is 4. The first-order chi connectivity index (χ1) is 18.9. The Bertz CT molecular complexity index is 1200. The lowest BCUT2D eigenvalue weighted by Crippen LogP contribution is -2.39. The predicted molar refractivity (Wildman–Crippen MR) is 134 cm³/mol. The molecule has 2 aromatic rings. The van der Waals surface area contributed by atoms with E-state index in [0.717, 1.165) is 24.4 Å². The average molecular weight is 570 g/mol. The maximum absolute atomic E-state index is 13.2. The maximum atomic E-state index is 13.2. The highest BCUT2D eigenvalue weighted by molar-refractivity contribution is 5.77. The van der Waals surface area contributed by atoms with Gasteiger partial charge in [0.05, 0.1) is 28.9 Å². The van der Waals surface area contributed by atoms with E-state index in [-0.39, 0.29) is 24.7 Å². The Morgan fingerprint density at radius 3 is 2.38 bits per heavy atom. The van der Waals surface area contributed by atoms with E-state index in [0.29, 0.717) is 69.8 Å². The Kier molecular flexibility index (Phi) is 9.08. The average Bonchev–Trinajstić information content (AvgIpc) is 3.18. The number of amides is 1. The van der Waals surface area contributed by atoms with Crippen LogP contribution in [0.2, 0.25) is 0 Å². The summed E-state index contributed by atoms with van der Waals surface area (Å²) in [4.78, 5) is 20.3. The van der Waals surface area contributed by atoms with Crippen molar-refractivity contribution in [2.75, 3.05) is 43.0 Å². The highest BCUT2D eigenvalue weighted by atomic mass is 19.4. The molecule has 0 spiro atoms. The van der Waals surface area contributed by atoms with Gasteiger partial charge in [0.25, 0.3) is 0 Å². The third-order valence-electron chi connectivity index (χ3n) is 7.18.